The Labute approximate surface area is 323 Å². The molecule has 0 radical (unpaired) electrons. The zero-order chi connectivity index (χ0) is 35.8. The third-order valence-corrected chi connectivity index (χ3v) is 14.1. The molecule has 4 aliphatic rings. The molecule has 6 aromatic rings. The molecule has 6 atom stereocenters. The Kier molecular flexibility index (Phi) is 9.32. The number of rotatable bonds is 3. The summed E-state index contributed by atoms with van der Waals surface area (Å²) < 4.78 is 0. The van der Waals surface area contributed by atoms with Gasteiger partial charge in [0.25, 0.3) is 0 Å². The Bertz CT molecular complexity index is 2150. The van der Waals surface area contributed by atoms with Crippen molar-refractivity contribution in [1.29, 1.82) is 0 Å². The summed E-state index contributed by atoms with van der Waals surface area (Å²) in [5, 5.41) is 0. The van der Waals surface area contributed by atoms with Crippen LogP contribution in [-0.4, -0.2) is 0 Å². The van der Waals surface area contributed by atoms with Gasteiger partial charge in [-0.05, 0) is 172 Å². The van der Waals surface area contributed by atoms with Crippen LogP contribution in [0.3, 0.4) is 0 Å². The van der Waals surface area contributed by atoms with Gasteiger partial charge >= 0.3 is 0 Å². The highest BCUT2D eigenvalue weighted by molar-refractivity contribution is 5.77. The lowest BCUT2D eigenvalue weighted by molar-refractivity contribution is 0.381. The molecule has 0 aromatic heterocycles. The van der Waals surface area contributed by atoms with Crippen LogP contribution in [0.1, 0.15) is 146 Å². The summed E-state index contributed by atoms with van der Waals surface area (Å²) in [4.78, 5) is 0. The molecule has 0 spiro atoms. The normalized spacial score (nSPS) is 24.9. The van der Waals surface area contributed by atoms with Crippen molar-refractivity contribution in [2.45, 2.75) is 113 Å². The van der Waals surface area contributed by atoms with E-state index in [-0.39, 0.29) is 0 Å². The molecule has 4 aliphatic carbocycles. The first kappa shape index (κ1) is 33.9. The summed E-state index contributed by atoms with van der Waals surface area (Å²) in [5.74, 6) is 3.85. The van der Waals surface area contributed by atoms with E-state index in [1.807, 2.05) is 0 Å². The van der Waals surface area contributed by atoms with Crippen molar-refractivity contribution in [2.75, 3.05) is 0 Å². The van der Waals surface area contributed by atoms with E-state index < -0.39 is 0 Å². The van der Waals surface area contributed by atoms with Crippen LogP contribution < -0.4 is 0 Å². The maximum absolute atomic E-state index is 2.68. The maximum Gasteiger partial charge on any atom is -0.0156 e. The molecule has 12 bridgehead atoms. The Hall–Kier alpha value is -4.68. The molecular formula is C54H54. The van der Waals surface area contributed by atoms with Gasteiger partial charge < -0.3 is 0 Å². The first-order valence-electron chi connectivity index (χ1n) is 21.3. The fourth-order valence-electron chi connectivity index (χ4n) is 11.2. The third-order valence-electron chi connectivity index (χ3n) is 14.1. The van der Waals surface area contributed by atoms with Crippen LogP contribution in [0.4, 0.5) is 0 Å². The van der Waals surface area contributed by atoms with Gasteiger partial charge in [-0.1, -0.05) is 153 Å². The minimum absolute atomic E-state index is 0.603. The number of hydrogen-bond acceptors (Lipinski definition) is 0. The van der Waals surface area contributed by atoms with Crippen LogP contribution in [0.15, 0.2) is 146 Å². The second kappa shape index (κ2) is 14.9. The molecule has 0 aliphatic heterocycles. The second-order valence-corrected chi connectivity index (χ2v) is 17.4. The lowest BCUT2D eigenvalue weighted by atomic mass is 9.70. The molecule has 0 heterocycles. The molecule has 3 fully saturated rings. The van der Waals surface area contributed by atoms with E-state index >= 15 is 0 Å². The predicted octanol–water partition coefficient (Wildman–Crippen LogP) is 15.3. The van der Waals surface area contributed by atoms with Gasteiger partial charge in [0.2, 0.25) is 0 Å². The Morgan fingerprint density at radius 1 is 0.241 bits per heavy atom. The summed E-state index contributed by atoms with van der Waals surface area (Å²) in [6.45, 7) is 0. The average molecular weight is 703 g/mol. The van der Waals surface area contributed by atoms with Crippen molar-refractivity contribution in [3.63, 3.8) is 0 Å². The number of hydrogen-bond donors (Lipinski definition) is 0. The lowest BCUT2D eigenvalue weighted by Gasteiger charge is -2.34. The molecule has 6 unspecified atom stereocenters. The molecule has 0 saturated heterocycles. The molecular weight excluding hydrogens is 649 g/mol. The molecule has 0 N–H and O–H groups in total. The summed E-state index contributed by atoms with van der Waals surface area (Å²) in [6.07, 6.45) is 15.7. The van der Waals surface area contributed by atoms with Crippen LogP contribution in [0.25, 0.3) is 33.4 Å². The van der Waals surface area contributed by atoms with Gasteiger partial charge in [-0.25, -0.2) is 0 Å². The average Bonchev–Trinajstić information content (AvgIpc) is 3.26. The van der Waals surface area contributed by atoms with E-state index in [0.29, 0.717) is 35.5 Å². The fourth-order valence-corrected chi connectivity index (χ4v) is 11.2. The molecule has 0 heteroatoms. The lowest BCUT2D eigenvalue weighted by Crippen LogP contribution is -2.17. The van der Waals surface area contributed by atoms with Gasteiger partial charge in [-0.3, -0.25) is 0 Å². The smallest absolute Gasteiger partial charge is 0.0156 e. The van der Waals surface area contributed by atoms with Crippen LogP contribution in [0.5, 0.6) is 0 Å². The van der Waals surface area contributed by atoms with Crippen molar-refractivity contribution >= 4 is 0 Å². The van der Waals surface area contributed by atoms with Crippen LogP contribution >= 0.6 is 0 Å². The molecule has 10 rings (SSSR count). The topological polar surface area (TPSA) is 0 Å². The highest BCUT2D eigenvalue weighted by atomic mass is 14.4. The quantitative estimate of drug-likeness (QED) is 0.172. The predicted molar refractivity (Wildman–Crippen MR) is 227 cm³/mol. The van der Waals surface area contributed by atoms with Gasteiger partial charge in [0.1, 0.15) is 0 Å². The molecule has 0 amide bonds. The molecule has 3 saturated carbocycles. The highest BCUT2D eigenvalue weighted by Crippen LogP contribution is 2.48. The molecule has 270 valence electrons. The largest absolute Gasteiger partial charge is 0.0622 e. The molecule has 54 heavy (non-hydrogen) atoms. The minimum atomic E-state index is 0.603. The van der Waals surface area contributed by atoms with E-state index in [2.05, 4.69) is 146 Å². The van der Waals surface area contributed by atoms with Crippen LogP contribution in [0, 0.1) is 0 Å². The number of benzene rings is 6. The number of fused-ring (bicyclic) bond motifs is 18. The van der Waals surface area contributed by atoms with E-state index in [1.54, 1.807) is 33.4 Å². The second-order valence-electron chi connectivity index (χ2n) is 17.4. The minimum Gasteiger partial charge on any atom is -0.0622 e. The monoisotopic (exact) mass is 702 g/mol. The standard InChI is InChI=1S/C54H54/c1-2-11-37(12-3-1)38-13-4-14-39(27-38)46-21-8-24-49(31-46)52-34-53-36-54(35-52)51-26-10-23-48(33-51)45-20-7-18-43(30-45)41-16-5-15-40(28-41)42-17-6-19-44(29-42)47-22-9-25-50(53)32-47/h1-4,6-8,11-14,17-21,24,27,29-31,34-36,40-41,47-48,50-51H,5,9-10,15-16,22-23,25-26,28,32-33H2. The van der Waals surface area contributed by atoms with Crippen molar-refractivity contribution in [1.82, 2.24) is 0 Å². The summed E-state index contributed by atoms with van der Waals surface area (Å²) >= 11 is 0. The van der Waals surface area contributed by atoms with Crippen molar-refractivity contribution in [3.8, 4) is 33.4 Å². The summed E-state index contributed by atoms with van der Waals surface area (Å²) in [5.41, 5.74) is 17.4. The Balaban J connectivity index is 1.06. The maximum atomic E-state index is 2.68. The van der Waals surface area contributed by atoms with Crippen molar-refractivity contribution < 1.29 is 0 Å². The molecule has 6 aromatic carbocycles. The first-order chi connectivity index (χ1) is 26.7. The Morgan fingerprint density at radius 2 is 0.556 bits per heavy atom. The van der Waals surface area contributed by atoms with E-state index in [9.17, 15) is 0 Å². The van der Waals surface area contributed by atoms with Crippen LogP contribution in [-0.2, 0) is 0 Å². The summed E-state index contributed by atoms with van der Waals surface area (Å²) in [6, 6.07) is 57.0. The molecule has 0 nitrogen and oxygen atoms in total. The summed E-state index contributed by atoms with van der Waals surface area (Å²) in [7, 11) is 0. The van der Waals surface area contributed by atoms with E-state index in [0.717, 1.165) is 0 Å². The first-order valence-corrected chi connectivity index (χ1v) is 21.3. The van der Waals surface area contributed by atoms with E-state index in [4.69, 9.17) is 0 Å². The van der Waals surface area contributed by atoms with E-state index in [1.165, 1.54) is 110 Å². The fraction of sp³-hybridized carbons (Fsp3) is 0.333. The SMILES string of the molecule is c1ccc(-c2cccc(-c3cccc(-c4cc5cc(c4)C4CCCC(C4)c4cccc(c4)C4CCCC(C4)c4cccc(c4)C4CCCC5C4)c3)c2)cc1. The van der Waals surface area contributed by atoms with Crippen molar-refractivity contribution in [3.05, 3.63) is 179 Å². The van der Waals surface area contributed by atoms with Gasteiger partial charge in [0, 0.05) is 0 Å². The van der Waals surface area contributed by atoms with Crippen LogP contribution in [0.2, 0.25) is 0 Å². The zero-order valence-electron chi connectivity index (χ0n) is 31.8. The Morgan fingerprint density at radius 3 is 0.981 bits per heavy atom. The van der Waals surface area contributed by atoms with Gasteiger partial charge in [0.15, 0.2) is 0 Å². The van der Waals surface area contributed by atoms with Gasteiger partial charge in [0.05, 0.1) is 0 Å². The zero-order valence-corrected chi connectivity index (χ0v) is 31.8. The van der Waals surface area contributed by atoms with Gasteiger partial charge in [-0.2, -0.15) is 0 Å². The van der Waals surface area contributed by atoms with Gasteiger partial charge in [-0.15, -0.1) is 0 Å². The highest BCUT2D eigenvalue weighted by Gasteiger charge is 2.31. The third kappa shape index (κ3) is 6.90. The van der Waals surface area contributed by atoms with Crippen molar-refractivity contribution in [2.24, 2.45) is 0 Å².